The van der Waals surface area contributed by atoms with Gasteiger partial charge in [-0.3, -0.25) is 4.79 Å². The van der Waals surface area contributed by atoms with Gasteiger partial charge in [-0.2, -0.15) is 0 Å². The standard InChI is InChI=1S/C15H15NO3S/c1-2-12-6-7-13(20-12)14(17)16-9-10-4-3-5-11(8-10)15(18)19/h3-8H,2,9H2,1H3,(H,16,17)(H,18,19). The lowest BCUT2D eigenvalue weighted by Crippen LogP contribution is -2.21. The van der Waals surface area contributed by atoms with Crippen LogP contribution in [0.4, 0.5) is 0 Å². The summed E-state index contributed by atoms with van der Waals surface area (Å²) in [5.41, 5.74) is 0.992. The van der Waals surface area contributed by atoms with Crippen LogP contribution < -0.4 is 5.32 Å². The van der Waals surface area contributed by atoms with Crippen LogP contribution in [0.5, 0.6) is 0 Å². The van der Waals surface area contributed by atoms with Gasteiger partial charge in [0.25, 0.3) is 5.91 Å². The molecule has 1 heterocycles. The van der Waals surface area contributed by atoms with E-state index in [1.165, 1.54) is 22.3 Å². The fourth-order valence-electron chi connectivity index (χ4n) is 1.77. The number of carboxylic acids is 1. The van der Waals surface area contributed by atoms with Crippen LogP contribution in [0.25, 0.3) is 0 Å². The normalized spacial score (nSPS) is 10.2. The molecule has 0 aliphatic rings. The molecule has 0 bridgehead atoms. The molecule has 0 aliphatic heterocycles. The van der Waals surface area contributed by atoms with Crippen molar-refractivity contribution in [2.45, 2.75) is 19.9 Å². The minimum atomic E-state index is -0.968. The molecule has 2 rings (SSSR count). The Hall–Kier alpha value is -2.14. The molecule has 1 amide bonds. The van der Waals surface area contributed by atoms with Gasteiger partial charge in [-0.25, -0.2) is 4.79 Å². The summed E-state index contributed by atoms with van der Waals surface area (Å²) in [5, 5.41) is 11.7. The number of amides is 1. The van der Waals surface area contributed by atoms with Gasteiger partial charge in [-0.15, -0.1) is 11.3 Å². The molecule has 5 heteroatoms. The maximum absolute atomic E-state index is 11.9. The van der Waals surface area contributed by atoms with Gasteiger partial charge >= 0.3 is 5.97 Å². The van der Waals surface area contributed by atoms with Gasteiger partial charge < -0.3 is 10.4 Å². The average molecular weight is 289 g/mol. The van der Waals surface area contributed by atoms with Crippen molar-refractivity contribution in [1.29, 1.82) is 0 Å². The van der Waals surface area contributed by atoms with Crippen LogP contribution >= 0.6 is 11.3 Å². The Morgan fingerprint density at radius 2 is 2.05 bits per heavy atom. The van der Waals surface area contributed by atoms with E-state index >= 15 is 0 Å². The summed E-state index contributed by atoms with van der Waals surface area (Å²) < 4.78 is 0. The molecule has 0 saturated heterocycles. The molecule has 104 valence electrons. The first kappa shape index (κ1) is 14.3. The van der Waals surface area contributed by atoms with Crippen LogP contribution in [-0.2, 0) is 13.0 Å². The predicted octanol–water partition coefficient (Wildman–Crippen LogP) is 2.94. The first-order valence-electron chi connectivity index (χ1n) is 6.29. The fourth-order valence-corrected chi connectivity index (χ4v) is 2.64. The molecule has 2 N–H and O–H groups in total. The van der Waals surface area contributed by atoms with E-state index in [4.69, 9.17) is 5.11 Å². The number of carboxylic acid groups (broad SMARTS) is 1. The summed E-state index contributed by atoms with van der Waals surface area (Å²) in [6, 6.07) is 10.3. The minimum Gasteiger partial charge on any atom is -0.478 e. The number of carbonyl (C=O) groups is 2. The Kier molecular flexibility index (Phi) is 4.53. The molecular formula is C15H15NO3S. The number of rotatable bonds is 5. The molecule has 0 atom stereocenters. The first-order valence-corrected chi connectivity index (χ1v) is 7.11. The Morgan fingerprint density at radius 1 is 1.25 bits per heavy atom. The molecule has 0 fully saturated rings. The number of hydrogen-bond donors (Lipinski definition) is 2. The van der Waals surface area contributed by atoms with Crippen molar-refractivity contribution in [2.24, 2.45) is 0 Å². The Labute approximate surface area is 121 Å². The van der Waals surface area contributed by atoms with Crippen molar-refractivity contribution < 1.29 is 14.7 Å². The fraction of sp³-hybridized carbons (Fsp3) is 0.200. The quantitative estimate of drug-likeness (QED) is 0.889. The van der Waals surface area contributed by atoms with Gasteiger partial charge in [0.1, 0.15) is 0 Å². The van der Waals surface area contributed by atoms with Crippen LogP contribution in [0.15, 0.2) is 36.4 Å². The summed E-state index contributed by atoms with van der Waals surface area (Å²) >= 11 is 1.48. The van der Waals surface area contributed by atoms with Crippen LogP contribution in [-0.4, -0.2) is 17.0 Å². The lowest BCUT2D eigenvalue weighted by atomic mass is 10.1. The average Bonchev–Trinajstić information content (AvgIpc) is 2.94. The van der Waals surface area contributed by atoms with Crippen molar-refractivity contribution in [2.75, 3.05) is 0 Å². The van der Waals surface area contributed by atoms with Crippen LogP contribution in [0.3, 0.4) is 0 Å². The highest BCUT2D eigenvalue weighted by atomic mass is 32.1. The summed E-state index contributed by atoms with van der Waals surface area (Å²) in [6.45, 7) is 2.37. The predicted molar refractivity (Wildman–Crippen MR) is 78.3 cm³/mol. The molecule has 4 nitrogen and oxygen atoms in total. The van der Waals surface area contributed by atoms with E-state index in [1.54, 1.807) is 18.2 Å². The molecule has 0 spiro atoms. The zero-order valence-electron chi connectivity index (χ0n) is 11.1. The van der Waals surface area contributed by atoms with Crippen molar-refractivity contribution in [3.05, 3.63) is 57.3 Å². The molecule has 1 aromatic carbocycles. The maximum Gasteiger partial charge on any atom is 0.335 e. The summed E-state index contributed by atoms with van der Waals surface area (Å²) in [7, 11) is 0. The van der Waals surface area contributed by atoms with Gasteiger partial charge in [0.05, 0.1) is 10.4 Å². The van der Waals surface area contributed by atoms with E-state index in [9.17, 15) is 9.59 Å². The van der Waals surface area contributed by atoms with Crippen LogP contribution in [0.1, 0.15) is 37.4 Å². The van der Waals surface area contributed by atoms with E-state index in [2.05, 4.69) is 5.32 Å². The van der Waals surface area contributed by atoms with Crippen molar-refractivity contribution in [1.82, 2.24) is 5.32 Å². The third-order valence-corrected chi connectivity index (χ3v) is 4.09. The first-order chi connectivity index (χ1) is 9.60. The molecule has 0 aliphatic carbocycles. The van der Waals surface area contributed by atoms with Crippen molar-refractivity contribution in [3.8, 4) is 0 Å². The number of thiophene rings is 1. The SMILES string of the molecule is CCc1ccc(C(=O)NCc2cccc(C(=O)O)c2)s1. The highest BCUT2D eigenvalue weighted by Crippen LogP contribution is 2.16. The number of carbonyl (C=O) groups excluding carboxylic acids is 1. The third-order valence-electron chi connectivity index (χ3n) is 2.86. The Balaban J connectivity index is 1.99. The monoisotopic (exact) mass is 289 g/mol. The molecule has 0 saturated carbocycles. The van der Waals surface area contributed by atoms with E-state index in [-0.39, 0.29) is 11.5 Å². The number of aromatic carboxylic acids is 1. The van der Waals surface area contributed by atoms with E-state index in [1.807, 2.05) is 19.1 Å². The highest BCUT2D eigenvalue weighted by Gasteiger charge is 2.09. The van der Waals surface area contributed by atoms with Crippen LogP contribution in [0, 0.1) is 0 Å². The maximum atomic E-state index is 11.9. The smallest absolute Gasteiger partial charge is 0.335 e. The second kappa shape index (κ2) is 6.34. The van der Waals surface area contributed by atoms with E-state index in [0.717, 1.165) is 12.0 Å². The molecule has 1 aromatic heterocycles. The third kappa shape index (κ3) is 3.45. The zero-order chi connectivity index (χ0) is 14.5. The van der Waals surface area contributed by atoms with Gasteiger partial charge in [0.2, 0.25) is 0 Å². The largest absolute Gasteiger partial charge is 0.478 e. The van der Waals surface area contributed by atoms with Gasteiger partial charge in [-0.1, -0.05) is 19.1 Å². The van der Waals surface area contributed by atoms with Crippen molar-refractivity contribution in [3.63, 3.8) is 0 Å². The van der Waals surface area contributed by atoms with Gasteiger partial charge in [-0.05, 0) is 36.2 Å². The number of benzene rings is 1. The Bertz CT molecular complexity index is 634. The second-order valence-electron chi connectivity index (χ2n) is 4.31. The lowest BCUT2D eigenvalue weighted by molar-refractivity contribution is 0.0696. The molecular weight excluding hydrogens is 274 g/mol. The number of hydrogen-bond acceptors (Lipinski definition) is 3. The molecule has 0 unspecified atom stereocenters. The molecule has 0 radical (unpaired) electrons. The Morgan fingerprint density at radius 3 is 2.70 bits per heavy atom. The minimum absolute atomic E-state index is 0.129. The van der Waals surface area contributed by atoms with Gasteiger partial charge in [0, 0.05) is 11.4 Å². The topological polar surface area (TPSA) is 66.4 Å². The second-order valence-corrected chi connectivity index (χ2v) is 5.48. The van der Waals surface area contributed by atoms with Crippen molar-refractivity contribution >= 4 is 23.2 Å². The molecule has 2 aromatic rings. The number of aryl methyl sites for hydroxylation is 1. The summed E-state index contributed by atoms with van der Waals surface area (Å²) in [4.78, 5) is 24.7. The van der Waals surface area contributed by atoms with E-state index in [0.29, 0.717) is 11.4 Å². The highest BCUT2D eigenvalue weighted by molar-refractivity contribution is 7.14. The lowest BCUT2D eigenvalue weighted by Gasteiger charge is -2.04. The number of nitrogens with one attached hydrogen (secondary N) is 1. The molecule has 20 heavy (non-hydrogen) atoms. The van der Waals surface area contributed by atoms with Crippen LogP contribution in [0.2, 0.25) is 0 Å². The van der Waals surface area contributed by atoms with Gasteiger partial charge in [0.15, 0.2) is 0 Å². The summed E-state index contributed by atoms with van der Waals surface area (Å²) in [6.07, 6.45) is 0.915. The zero-order valence-corrected chi connectivity index (χ0v) is 11.9. The van der Waals surface area contributed by atoms with E-state index < -0.39 is 5.97 Å². The summed E-state index contributed by atoms with van der Waals surface area (Å²) in [5.74, 6) is -1.10.